The minimum Gasteiger partial charge on any atom is -0.490 e. The zero-order valence-electron chi connectivity index (χ0n) is 17.1. The number of carbonyl (C=O) groups excluding carboxylic acids is 1. The van der Waals surface area contributed by atoms with Crippen molar-refractivity contribution in [3.05, 3.63) is 82.9 Å². The molecule has 3 aromatic carbocycles. The number of nitrogens with one attached hydrogen (secondary N) is 2. The molecule has 0 aliphatic rings. The van der Waals surface area contributed by atoms with Gasteiger partial charge in [0.05, 0.1) is 6.61 Å². The summed E-state index contributed by atoms with van der Waals surface area (Å²) in [6.45, 7) is 4.89. The topological polar surface area (TPSA) is 59.6 Å². The second-order valence-corrected chi connectivity index (χ2v) is 7.09. The van der Waals surface area contributed by atoms with Gasteiger partial charge in [0.2, 0.25) is 0 Å². The fourth-order valence-corrected chi connectivity index (χ4v) is 3.08. The maximum atomic E-state index is 12.1. The van der Waals surface area contributed by atoms with Gasteiger partial charge in [0.1, 0.15) is 0 Å². The van der Waals surface area contributed by atoms with E-state index in [1.165, 1.54) is 0 Å². The first-order chi connectivity index (χ1) is 14.6. The number of hydrogen-bond acceptors (Lipinski definition) is 4. The molecule has 0 saturated carbocycles. The third kappa shape index (κ3) is 5.91. The van der Waals surface area contributed by atoms with Crippen LogP contribution in [0.15, 0.2) is 66.7 Å². The molecule has 0 saturated heterocycles. The molecule has 0 atom stereocenters. The normalized spacial score (nSPS) is 10.4. The molecule has 3 rings (SSSR count). The maximum absolute atomic E-state index is 12.1. The van der Waals surface area contributed by atoms with Crippen LogP contribution in [0.2, 0.25) is 5.02 Å². The summed E-state index contributed by atoms with van der Waals surface area (Å²) in [5.74, 6) is 0.903. The maximum Gasteiger partial charge on any atom is 0.262 e. The predicted molar refractivity (Wildman–Crippen MR) is 122 cm³/mol. The molecular formula is C24H25ClN2O3. The summed E-state index contributed by atoms with van der Waals surface area (Å²) in [6.07, 6.45) is 0. The Hall–Kier alpha value is -3.18. The van der Waals surface area contributed by atoms with Crippen molar-refractivity contribution in [2.45, 2.75) is 20.4 Å². The molecule has 0 aliphatic heterocycles. The predicted octanol–water partition coefficient (Wildman–Crippen LogP) is 5.68. The Labute approximate surface area is 182 Å². The van der Waals surface area contributed by atoms with E-state index in [9.17, 15) is 4.79 Å². The average molecular weight is 425 g/mol. The molecule has 0 radical (unpaired) electrons. The quantitative estimate of drug-likeness (QED) is 0.464. The van der Waals surface area contributed by atoms with Crippen LogP contribution in [0.1, 0.15) is 18.1 Å². The Morgan fingerprint density at radius 3 is 2.53 bits per heavy atom. The van der Waals surface area contributed by atoms with Gasteiger partial charge in [-0.05, 0) is 61.4 Å². The molecule has 0 aliphatic carbocycles. The second-order valence-electron chi connectivity index (χ2n) is 6.68. The highest BCUT2D eigenvalue weighted by molar-refractivity contribution is 6.31. The Balaban J connectivity index is 1.62. The van der Waals surface area contributed by atoms with E-state index >= 15 is 0 Å². The summed E-state index contributed by atoms with van der Waals surface area (Å²) >= 11 is 6.18. The fraction of sp³-hybridized carbons (Fsp3) is 0.208. The van der Waals surface area contributed by atoms with Crippen LogP contribution in [0, 0.1) is 6.92 Å². The zero-order chi connectivity index (χ0) is 21.3. The summed E-state index contributed by atoms with van der Waals surface area (Å²) in [7, 11) is 0. The van der Waals surface area contributed by atoms with E-state index in [0.29, 0.717) is 24.7 Å². The molecule has 3 aromatic rings. The van der Waals surface area contributed by atoms with Gasteiger partial charge in [0, 0.05) is 22.9 Å². The highest BCUT2D eigenvalue weighted by Gasteiger charge is 2.10. The zero-order valence-corrected chi connectivity index (χ0v) is 17.8. The van der Waals surface area contributed by atoms with Crippen molar-refractivity contribution >= 4 is 28.9 Å². The van der Waals surface area contributed by atoms with Gasteiger partial charge in [0.15, 0.2) is 18.1 Å². The van der Waals surface area contributed by atoms with Gasteiger partial charge < -0.3 is 20.1 Å². The molecule has 0 aromatic heterocycles. The third-order valence-corrected chi connectivity index (χ3v) is 4.88. The van der Waals surface area contributed by atoms with Gasteiger partial charge in [0.25, 0.3) is 5.91 Å². The number of para-hydroxylation sites is 1. The summed E-state index contributed by atoms with van der Waals surface area (Å²) in [5.41, 5.74) is 3.75. The van der Waals surface area contributed by atoms with E-state index in [4.69, 9.17) is 21.1 Å². The van der Waals surface area contributed by atoms with Crippen molar-refractivity contribution < 1.29 is 14.3 Å². The van der Waals surface area contributed by atoms with Crippen LogP contribution >= 0.6 is 11.6 Å². The number of carbonyl (C=O) groups is 1. The standard InChI is InChI=1S/C24H25ClN2O3/c1-3-29-23-14-18(15-26-21-11-7-10-20(25)17(21)2)12-13-22(23)30-16-24(28)27-19-8-5-4-6-9-19/h4-14,26H,3,15-16H2,1-2H3,(H,27,28). The summed E-state index contributed by atoms with van der Waals surface area (Å²) < 4.78 is 11.4. The molecule has 0 unspecified atom stereocenters. The number of halogens is 1. The molecule has 5 nitrogen and oxygen atoms in total. The molecular weight excluding hydrogens is 400 g/mol. The molecule has 6 heteroatoms. The van der Waals surface area contributed by atoms with Crippen LogP contribution in [-0.2, 0) is 11.3 Å². The van der Waals surface area contributed by atoms with Crippen molar-refractivity contribution in [3.63, 3.8) is 0 Å². The van der Waals surface area contributed by atoms with Gasteiger partial charge in [-0.15, -0.1) is 0 Å². The summed E-state index contributed by atoms with van der Waals surface area (Å²) in [6, 6.07) is 20.7. The number of benzene rings is 3. The Morgan fingerprint density at radius 2 is 1.77 bits per heavy atom. The van der Waals surface area contributed by atoms with Crippen molar-refractivity contribution in [2.75, 3.05) is 23.8 Å². The van der Waals surface area contributed by atoms with Crippen LogP contribution < -0.4 is 20.1 Å². The largest absolute Gasteiger partial charge is 0.490 e. The molecule has 1 amide bonds. The number of hydrogen-bond donors (Lipinski definition) is 2. The van der Waals surface area contributed by atoms with Crippen LogP contribution in [0.5, 0.6) is 11.5 Å². The Morgan fingerprint density at radius 1 is 0.967 bits per heavy atom. The third-order valence-electron chi connectivity index (χ3n) is 4.47. The highest BCUT2D eigenvalue weighted by atomic mass is 35.5. The van der Waals surface area contributed by atoms with Gasteiger partial charge in [-0.3, -0.25) is 4.79 Å². The van der Waals surface area contributed by atoms with Gasteiger partial charge in [-0.2, -0.15) is 0 Å². The summed E-state index contributed by atoms with van der Waals surface area (Å²) in [4.78, 5) is 12.1. The monoisotopic (exact) mass is 424 g/mol. The average Bonchev–Trinajstić information content (AvgIpc) is 2.75. The first-order valence-electron chi connectivity index (χ1n) is 9.79. The first-order valence-corrected chi connectivity index (χ1v) is 10.2. The van der Waals surface area contributed by atoms with Crippen molar-refractivity contribution in [3.8, 4) is 11.5 Å². The first kappa shape index (κ1) is 21.5. The highest BCUT2D eigenvalue weighted by Crippen LogP contribution is 2.29. The molecule has 0 bridgehead atoms. The van der Waals surface area contributed by atoms with E-state index in [1.54, 1.807) is 0 Å². The number of amides is 1. The van der Waals surface area contributed by atoms with E-state index in [-0.39, 0.29) is 12.5 Å². The van der Waals surface area contributed by atoms with Crippen molar-refractivity contribution in [1.29, 1.82) is 0 Å². The number of rotatable bonds is 9. The number of ether oxygens (including phenoxy) is 2. The minimum absolute atomic E-state index is 0.103. The Bertz CT molecular complexity index is 993. The van der Waals surface area contributed by atoms with Crippen molar-refractivity contribution in [1.82, 2.24) is 0 Å². The lowest BCUT2D eigenvalue weighted by Gasteiger charge is -2.15. The lowest BCUT2D eigenvalue weighted by atomic mass is 10.1. The lowest BCUT2D eigenvalue weighted by Crippen LogP contribution is -2.20. The fourth-order valence-electron chi connectivity index (χ4n) is 2.91. The van der Waals surface area contributed by atoms with Crippen LogP contribution in [0.25, 0.3) is 0 Å². The Kier molecular flexibility index (Phi) is 7.57. The van der Waals surface area contributed by atoms with Crippen LogP contribution in [0.3, 0.4) is 0 Å². The van der Waals surface area contributed by atoms with Gasteiger partial charge in [-0.25, -0.2) is 0 Å². The van der Waals surface area contributed by atoms with Crippen LogP contribution in [0.4, 0.5) is 11.4 Å². The second kappa shape index (κ2) is 10.6. The molecule has 156 valence electrons. The molecule has 2 N–H and O–H groups in total. The van der Waals surface area contributed by atoms with Crippen molar-refractivity contribution in [2.24, 2.45) is 0 Å². The van der Waals surface area contributed by atoms with Crippen LogP contribution in [-0.4, -0.2) is 19.1 Å². The number of anilines is 2. The minimum atomic E-state index is -0.231. The van der Waals surface area contributed by atoms with E-state index in [2.05, 4.69) is 10.6 Å². The molecule has 30 heavy (non-hydrogen) atoms. The lowest BCUT2D eigenvalue weighted by molar-refractivity contribution is -0.118. The SMILES string of the molecule is CCOc1cc(CNc2cccc(Cl)c2C)ccc1OCC(=O)Nc1ccccc1. The van der Waals surface area contributed by atoms with E-state index in [1.807, 2.05) is 80.6 Å². The molecule has 0 heterocycles. The van der Waals surface area contributed by atoms with E-state index < -0.39 is 0 Å². The van der Waals surface area contributed by atoms with E-state index in [0.717, 1.165) is 27.5 Å². The van der Waals surface area contributed by atoms with Gasteiger partial charge >= 0.3 is 0 Å². The smallest absolute Gasteiger partial charge is 0.262 e. The summed E-state index contributed by atoms with van der Waals surface area (Å²) in [5, 5.41) is 6.92. The van der Waals surface area contributed by atoms with Gasteiger partial charge in [-0.1, -0.05) is 41.9 Å². The molecule has 0 spiro atoms. The molecule has 0 fully saturated rings.